The van der Waals surface area contributed by atoms with Crippen LogP contribution in [0, 0.1) is 46.4 Å². The van der Waals surface area contributed by atoms with Crippen LogP contribution in [0.2, 0.25) is 0 Å². The molecule has 1 radical (unpaired) electrons. The maximum absolute atomic E-state index is 8.86. The summed E-state index contributed by atoms with van der Waals surface area (Å²) in [6.45, 7) is -8.23. The molecule has 4 nitrogen and oxygen atoms in total. The summed E-state index contributed by atoms with van der Waals surface area (Å²) in [5.74, 6) is -0.992. The van der Waals surface area contributed by atoms with E-state index in [-0.39, 0.29) is 70.6 Å². The molecule has 7 aromatic rings. The monoisotopic (exact) mass is 824 g/mol. The molecule has 245 valence electrons. The van der Waals surface area contributed by atoms with E-state index in [0.717, 1.165) is 0 Å². The summed E-state index contributed by atoms with van der Waals surface area (Å²) in [5.41, 5.74) is 3.25. The Morgan fingerprint density at radius 3 is 2.29 bits per heavy atom. The number of aryl methyl sites for hydroxylation is 5. The minimum absolute atomic E-state index is 0. The Balaban J connectivity index is 0.000000308. The molecule has 0 unspecified atom stereocenters. The van der Waals surface area contributed by atoms with Crippen LogP contribution in [-0.2, 0) is 20.1 Å². The Hall–Kier alpha value is -4.44. The third-order valence-electron chi connectivity index (χ3n) is 7.88. The number of furan rings is 1. The summed E-state index contributed by atoms with van der Waals surface area (Å²) in [6.07, 6.45) is 3.46. The molecule has 4 heterocycles. The zero-order valence-electron chi connectivity index (χ0n) is 42.2. The van der Waals surface area contributed by atoms with Crippen molar-refractivity contribution in [1.82, 2.24) is 15.0 Å². The Labute approximate surface area is 320 Å². The van der Waals surface area contributed by atoms with Gasteiger partial charge in [0.05, 0.1) is 5.58 Å². The molecule has 0 aliphatic carbocycles. The van der Waals surface area contributed by atoms with Gasteiger partial charge in [-0.2, -0.15) is 0 Å². The first kappa shape index (κ1) is 19.5. The van der Waals surface area contributed by atoms with Crippen LogP contribution < -0.4 is 0 Å². The summed E-state index contributed by atoms with van der Waals surface area (Å²) in [5, 5.41) is 1.22. The molecule has 0 bridgehead atoms. The molecule has 3 aromatic carbocycles. The summed E-state index contributed by atoms with van der Waals surface area (Å²) < 4.78 is 131. The molecule has 0 saturated heterocycles. The number of nitrogens with zero attached hydrogens (tertiary/aromatic N) is 3. The van der Waals surface area contributed by atoms with Crippen molar-refractivity contribution in [2.45, 2.75) is 66.8 Å². The van der Waals surface area contributed by atoms with Gasteiger partial charge in [0.15, 0.2) is 0 Å². The Morgan fingerprint density at radius 2 is 1.58 bits per heavy atom. The van der Waals surface area contributed by atoms with E-state index in [4.69, 9.17) is 26.3 Å². The molecular weight excluding hydrogens is 767 g/mol. The van der Waals surface area contributed by atoms with Crippen molar-refractivity contribution >= 4 is 22.1 Å². The summed E-state index contributed by atoms with van der Waals surface area (Å²) >= 11 is 0. The standard InChI is InChI=1S/C30H29N2O.C13H12N.Ir/c1-6-21(7-2)22-12-14-23(18(3)15-22)27-16-28(31-17-19(27)4)26-10-8-9-24-25-13-11-20(5)32-30(25)33-29(24)26;1-10-3-6-12(7-4-10)13-8-5-11(2)9-14-13;/h8-9,11-17,21H,6-7H2,1-5H3;3-6,8-9H,1-2H3;/q2*-1;/i3D3,4D3,5D3,21D;1D3,2D3;. The van der Waals surface area contributed by atoms with Crippen molar-refractivity contribution in [3.05, 3.63) is 137 Å². The van der Waals surface area contributed by atoms with Crippen LogP contribution in [0.5, 0.6) is 0 Å². The van der Waals surface area contributed by atoms with Gasteiger partial charge in [0, 0.05) is 65.5 Å². The van der Waals surface area contributed by atoms with Crippen LogP contribution in [0.15, 0.2) is 95.7 Å². The maximum Gasteiger partial charge on any atom is 0.216 e. The van der Waals surface area contributed by atoms with E-state index in [1.165, 1.54) is 48.8 Å². The second-order valence-electron chi connectivity index (χ2n) is 10.9. The predicted molar refractivity (Wildman–Crippen MR) is 195 cm³/mol. The van der Waals surface area contributed by atoms with Crippen molar-refractivity contribution in [3.8, 4) is 33.6 Å². The zero-order chi connectivity index (χ0) is 46.5. The minimum Gasteiger partial charge on any atom is -0.486 e. The van der Waals surface area contributed by atoms with Gasteiger partial charge in [0.2, 0.25) is 5.71 Å². The van der Waals surface area contributed by atoms with Gasteiger partial charge in [-0.15, -0.1) is 53.6 Å². The number of rotatable bonds is 6. The molecule has 48 heavy (non-hydrogen) atoms. The molecule has 5 heteroatoms. The SMILES string of the molecule is [2H]C([2H])([2H])c1c[c-]c(-c2ccc(C([2H])([2H])[2H])cn2)cc1.[2H]C([2H])([2H])c1ccc2c(n1)oc1c(-c3cc(-c4ccc(C([2H])(CC)CC)cc4C([2H])([2H])[2H])c(C([2H])([2H])[2H])cn3)[c-]ccc12.[Ir]. The van der Waals surface area contributed by atoms with E-state index in [1.807, 2.05) is 13.8 Å². The topological polar surface area (TPSA) is 51.8 Å². The molecule has 0 aliphatic rings. The van der Waals surface area contributed by atoms with Gasteiger partial charge < -0.3 is 14.4 Å². The average Bonchev–Trinajstić information content (AvgIpc) is 3.60. The van der Waals surface area contributed by atoms with E-state index < -0.39 is 40.2 Å². The Bertz CT molecular complexity index is 2690. The minimum atomic E-state index is -2.61. The largest absolute Gasteiger partial charge is 0.486 e. The molecule has 7 rings (SSSR count). The molecule has 0 saturated carbocycles. The fraction of sp³-hybridized carbons (Fsp3) is 0.233. The van der Waals surface area contributed by atoms with Gasteiger partial charge in [-0.3, -0.25) is 0 Å². The number of aromatic nitrogens is 3. The van der Waals surface area contributed by atoms with Crippen LogP contribution >= 0.6 is 0 Å². The van der Waals surface area contributed by atoms with E-state index in [0.29, 0.717) is 51.6 Å². The van der Waals surface area contributed by atoms with E-state index in [9.17, 15) is 0 Å². The van der Waals surface area contributed by atoms with Crippen LogP contribution in [-0.4, -0.2) is 15.0 Å². The fourth-order valence-corrected chi connectivity index (χ4v) is 5.42. The van der Waals surface area contributed by atoms with Gasteiger partial charge in [-0.25, -0.2) is 4.98 Å². The number of hydrogen-bond donors (Lipinski definition) is 0. The maximum atomic E-state index is 8.86. The van der Waals surface area contributed by atoms with E-state index >= 15 is 0 Å². The third kappa shape index (κ3) is 7.33. The normalized spacial score (nSPS) is 17.5. The zero-order valence-corrected chi connectivity index (χ0v) is 28.6. The molecule has 0 amide bonds. The van der Waals surface area contributed by atoms with Crippen molar-refractivity contribution in [2.24, 2.45) is 0 Å². The molecule has 0 fully saturated rings. The van der Waals surface area contributed by atoms with E-state index in [1.54, 1.807) is 42.5 Å². The number of pyridine rings is 3. The summed E-state index contributed by atoms with van der Waals surface area (Å²) in [7, 11) is 0. The molecule has 0 N–H and O–H groups in total. The Kier molecular flexibility index (Phi) is 6.18. The van der Waals surface area contributed by atoms with E-state index in [2.05, 4.69) is 27.1 Å². The molecular formula is C43H41IrN3O-2. The van der Waals surface area contributed by atoms with Crippen molar-refractivity contribution in [3.63, 3.8) is 0 Å². The molecule has 4 aromatic heterocycles. The molecule has 0 aliphatic heterocycles. The number of fused-ring (bicyclic) bond motifs is 3. The third-order valence-corrected chi connectivity index (χ3v) is 7.88. The summed E-state index contributed by atoms with van der Waals surface area (Å²) in [6, 6.07) is 26.2. The smallest absolute Gasteiger partial charge is 0.216 e. The van der Waals surface area contributed by atoms with Crippen LogP contribution in [0.25, 0.3) is 55.7 Å². The number of hydrogen-bond acceptors (Lipinski definition) is 4. The fourth-order valence-electron chi connectivity index (χ4n) is 5.42. The average molecular weight is 824 g/mol. The molecule has 0 atom stereocenters. The first-order chi connectivity index (χ1) is 29.2. The molecule has 0 spiro atoms. The second-order valence-corrected chi connectivity index (χ2v) is 10.9. The quantitative estimate of drug-likeness (QED) is 0.157. The van der Waals surface area contributed by atoms with Crippen LogP contribution in [0.4, 0.5) is 0 Å². The van der Waals surface area contributed by atoms with Crippen molar-refractivity contribution in [2.75, 3.05) is 0 Å². The first-order valence-corrected chi connectivity index (χ1v) is 15.1. The van der Waals surface area contributed by atoms with Crippen molar-refractivity contribution in [1.29, 1.82) is 0 Å². The summed E-state index contributed by atoms with van der Waals surface area (Å²) in [4.78, 5) is 12.7. The predicted octanol–water partition coefficient (Wildman–Crippen LogP) is 11.5. The number of benzene rings is 3. The van der Waals surface area contributed by atoms with Crippen molar-refractivity contribution < 1.29 is 46.5 Å². The van der Waals surface area contributed by atoms with Gasteiger partial charge in [-0.05, 0) is 103 Å². The Morgan fingerprint density at radius 1 is 0.750 bits per heavy atom. The van der Waals surface area contributed by atoms with Gasteiger partial charge in [0.1, 0.15) is 0 Å². The van der Waals surface area contributed by atoms with Gasteiger partial charge >= 0.3 is 0 Å². The van der Waals surface area contributed by atoms with Crippen LogP contribution in [0.1, 0.15) is 88.0 Å². The van der Waals surface area contributed by atoms with Crippen LogP contribution in [0.3, 0.4) is 0 Å². The second kappa shape index (κ2) is 15.2. The first-order valence-electron chi connectivity index (χ1n) is 23.1. The van der Waals surface area contributed by atoms with Gasteiger partial charge in [0.25, 0.3) is 0 Å². The van der Waals surface area contributed by atoms with Gasteiger partial charge in [-0.1, -0.05) is 68.0 Å².